The van der Waals surface area contributed by atoms with Crippen LogP contribution >= 0.6 is 0 Å². The molecule has 6 nitrogen and oxygen atoms in total. The van der Waals surface area contributed by atoms with Gasteiger partial charge in [-0.05, 0) is 12.8 Å². The second-order valence-corrected chi connectivity index (χ2v) is 8.71. The van der Waals surface area contributed by atoms with Crippen molar-refractivity contribution in [2.24, 2.45) is 5.92 Å². The van der Waals surface area contributed by atoms with Crippen LogP contribution in [0.5, 0.6) is 0 Å². The van der Waals surface area contributed by atoms with E-state index >= 15 is 0 Å². The third-order valence-corrected chi connectivity index (χ3v) is 5.90. The largest absolute Gasteiger partial charge is 0.463 e. The summed E-state index contributed by atoms with van der Waals surface area (Å²) >= 11 is 0. The van der Waals surface area contributed by atoms with Crippen LogP contribution < -0.4 is 0 Å². The molecule has 1 saturated heterocycles. The number of hydrogen-bond donors (Lipinski definition) is 0. The normalized spacial score (nSPS) is 20.5. The van der Waals surface area contributed by atoms with E-state index in [4.69, 9.17) is 14.2 Å². The van der Waals surface area contributed by atoms with Crippen molar-refractivity contribution >= 4 is 18.2 Å². The third kappa shape index (κ3) is 12.9. The molecule has 1 fully saturated rings. The van der Waals surface area contributed by atoms with E-state index in [1.165, 1.54) is 38.5 Å². The lowest BCUT2D eigenvalue weighted by Crippen LogP contribution is -2.36. The van der Waals surface area contributed by atoms with E-state index in [0.29, 0.717) is 19.4 Å². The first-order chi connectivity index (χ1) is 15.1. The highest BCUT2D eigenvalue weighted by Crippen LogP contribution is 2.27. The zero-order valence-electron chi connectivity index (χ0n) is 19.8. The van der Waals surface area contributed by atoms with Crippen molar-refractivity contribution in [3.63, 3.8) is 0 Å². The lowest BCUT2D eigenvalue weighted by atomic mass is 9.99. The van der Waals surface area contributed by atoms with Crippen molar-refractivity contribution in [3.8, 4) is 0 Å². The zero-order valence-corrected chi connectivity index (χ0v) is 19.8. The minimum Gasteiger partial charge on any atom is -0.463 e. The van der Waals surface area contributed by atoms with Gasteiger partial charge in [0.15, 0.2) is 0 Å². The van der Waals surface area contributed by atoms with Crippen molar-refractivity contribution in [1.82, 2.24) is 0 Å². The molecule has 0 aromatic rings. The number of rotatable bonds is 19. The van der Waals surface area contributed by atoms with Crippen molar-refractivity contribution in [1.29, 1.82) is 0 Å². The Bertz CT molecular complexity index is 492. The molecule has 0 spiro atoms. The van der Waals surface area contributed by atoms with Crippen LogP contribution in [-0.2, 0) is 28.6 Å². The molecule has 1 aliphatic rings. The summed E-state index contributed by atoms with van der Waals surface area (Å²) in [6.07, 6.45) is 14.1. The average molecular weight is 441 g/mol. The summed E-state index contributed by atoms with van der Waals surface area (Å²) < 4.78 is 16.8. The number of carbonyl (C=O) groups is 3. The molecule has 6 heteroatoms. The molecular formula is C25H44O6. The fourth-order valence-corrected chi connectivity index (χ4v) is 3.94. The van der Waals surface area contributed by atoms with Gasteiger partial charge >= 0.3 is 11.9 Å². The highest BCUT2D eigenvalue weighted by Gasteiger charge is 2.40. The summed E-state index contributed by atoms with van der Waals surface area (Å²) in [6.45, 7) is 4.77. The summed E-state index contributed by atoms with van der Waals surface area (Å²) in [7, 11) is 0. The van der Waals surface area contributed by atoms with E-state index in [2.05, 4.69) is 13.8 Å². The van der Waals surface area contributed by atoms with Gasteiger partial charge in [0, 0.05) is 25.2 Å². The SMILES string of the molecule is CCCCCCCCC(=O)OC[C@H]1OCC(CC=O)[C@@H]1OC(=O)CCCCCCCC. The van der Waals surface area contributed by atoms with Gasteiger partial charge < -0.3 is 19.0 Å². The summed E-state index contributed by atoms with van der Waals surface area (Å²) in [5.74, 6) is -0.673. The Morgan fingerprint density at radius 1 is 0.839 bits per heavy atom. The minimum atomic E-state index is -0.528. The number of esters is 2. The maximum atomic E-state index is 12.3. The van der Waals surface area contributed by atoms with E-state index in [-0.39, 0.29) is 30.9 Å². The van der Waals surface area contributed by atoms with Crippen LogP contribution in [0.15, 0.2) is 0 Å². The first-order valence-electron chi connectivity index (χ1n) is 12.5. The molecule has 0 N–H and O–H groups in total. The Hall–Kier alpha value is -1.43. The fourth-order valence-electron chi connectivity index (χ4n) is 3.94. The Morgan fingerprint density at radius 3 is 1.97 bits per heavy atom. The zero-order chi connectivity index (χ0) is 22.7. The minimum absolute atomic E-state index is 0.0684. The van der Waals surface area contributed by atoms with Crippen LogP contribution in [0, 0.1) is 5.92 Å². The number of hydrogen-bond acceptors (Lipinski definition) is 6. The Labute approximate surface area is 188 Å². The predicted molar refractivity (Wildman–Crippen MR) is 121 cm³/mol. The van der Waals surface area contributed by atoms with Crippen molar-refractivity contribution in [2.75, 3.05) is 13.2 Å². The third-order valence-electron chi connectivity index (χ3n) is 5.90. The molecule has 0 amide bonds. The maximum Gasteiger partial charge on any atom is 0.306 e. The van der Waals surface area contributed by atoms with Crippen LogP contribution in [0.4, 0.5) is 0 Å². The van der Waals surface area contributed by atoms with Crippen LogP contribution in [0.25, 0.3) is 0 Å². The molecule has 0 bridgehead atoms. The Kier molecular flexibility index (Phi) is 16.2. The molecule has 1 unspecified atom stereocenters. The summed E-state index contributed by atoms with van der Waals surface area (Å²) in [5.41, 5.74) is 0. The van der Waals surface area contributed by atoms with Gasteiger partial charge in [0.1, 0.15) is 25.1 Å². The fraction of sp³-hybridized carbons (Fsp3) is 0.880. The molecule has 0 aliphatic carbocycles. The standard InChI is InChI=1S/C25H44O6/c1-3-5-7-9-11-13-15-23(27)30-20-22-25(21(17-18-26)19-29-22)31-24(28)16-14-12-10-8-6-4-2/h18,21-22,25H,3-17,19-20H2,1-2H3/t21?,22-,25+/m1/s1. The molecule has 1 heterocycles. The highest BCUT2D eigenvalue weighted by atomic mass is 16.6. The molecule has 1 rings (SSSR count). The van der Waals surface area contributed by atoms with Gasteiger partial charge in [0.25, 0.3) is 0 Å². The Morgan fingerprint density at radius 2 is 1.39 bits per heavy atom. The maximum absolute atomic E-state index is 12.3. The predicted octanol–water partition coefficient (Wildman–Crippen LogP) is 5.55. The van der Waals surface area contributed by atoms with Crippen molar-refractivity contribution in [2.45, 2.75) is 122 Å². The second-order valence-electron chi connectivity index (χ2n) is 8.71. The molecule has 0 saturated carbocycles. The summed E-state index contributed by atoms with van der Waals surface area (Å²) in [5, 5.41) is 0. The van der Waals surface area contributed by atoms with Gasteiger partial charge in [0.2, 0.25) is 0 Å². The smallest absolute Gasteiger partial charge is 0.306 e. The van der Waals surface area contributed by atoms with Gasteiger partial charge in [-0.2, -0.15) is 0 Å². The van der Waals surface area contributed by atoms with Gasteiger partial charge in [-0.3, -0.25) is 9.59 Å². The molecule has 0 aromatic carbocycles. The molecule has 31 heavy (non-hydrogen) atoms. The molecule has 0 aromatic heterocycles. The van der Waals surface area contributed by atoms with E-state index in [0.717, 1.165) is 44.8 Å². The van der Waals surface area contributed by atoms with E-state index in [1.807, 2.05) is 0 Å². The first kappa shape index (κ1) is 27.6. The lowest BCUT2D eigenvalue weighted by molar-refractivity contribution is -0.158. The molecule has 1 aliphatic heterocycles. The van der Waals surface area contributed by atoms with Crippen molar-refractivity contribution < 1.29 is 28.6 Å². The molecule has 0 radical (unpaired) electrons. The topological polar surface area (TPSA) is 78.9 Å². The highest BCUT2D eigenvalue weighted by molar-refractivity contribution is 5.70. The summed E-state index contributed by atoms with van der Waals surface area (Å²) in [6, 6.07) is 0. The van der Waals surface area contributed by atoms with E-state index < -0.39 is 12.2 Å². The Balaban J connectivity index is 2.33. The summed E-state index contributed by atoms with van der Waals surface area (Å²) in [4.78, 5) is 35.3. The molecular weight excluding hydrogens is 396 g/mol. The number of ether oxygens (including phenoxy) is 3. The van der Waals surface area contributed by atoms with Gasteiger partial charge in [-0.25, -0.2) is 0 Å². The van der Waals surface area contributed by atoms with Crippen LogP contribution in [-0.4, -0.2) is 43.6 Å². The second kappa shape index (κ2) is 18.2. The first-order valence-corrected chi connectivity index (χ1v) is 12.5. The lowest BCUT2D eigenvalue weighted by Gasteiger charge is -2.22. The van der Waals surface area contributed by atoms with Crippen LogP contribution in [0.2, 0.25) is 0 Å². The van der Waals surface area contributed by atoms with E-state index in [9.17, 15) is 14.4 Å². The van der Waals surface area contributed by atoms with Gasteiger partial charge in [0.05, 0.1) is 6.61 Å². The van der Waals surface area contributed by atoms with Crippen LogP contribution in [0.1, 0.15) is 110 Å². The number of aldehydes is 1. The van der Waals surface area contributed by atoms with Crippen LogP contribution in [0.3, 0.4) is 0 Å². The molecule has 180 valence electrons. The van der Waals surface area contributed by atoms with Gasteiger partial charge in [-0.1, -0.05) is 78.1 Å². The number of carbonyl (C=O) groups excluding carboxylic acids is 3. The van der Waals surface area contributed by atoms with Crippen molar-refractivity contribution in [3.05, 3.63) is 0 Å². The quantitative estimate of drug-likeness (QED) is 0.149. The molecule has 3 atom stereocenters. The van der Waals surface area contributed by atoms with E-state index in [1.54, 1.807) is 0 Å². The average Bonchev–Trinajstić information content (AvgIpc) is 3.13. The number of unbranched alkanes of at least 4 members (excludes halogenated alkanes) is 10. The van der Waals surface area contributed by atoms with Gasteiger partial charge in [-0.15, -0.1) is 0 Å². The monoisotopic (exact) mass is 440 g/mol.